The fraction of sp³-hybridized carbons (Fsp3) is 0.130. The van der Waals surface area contributed by atoms with Crippen LogP contribution in [0.4, 0.5) is 5.82 Å². The third kappa shape index (κ3) is 3.30. The predicted octanol–water partition coefficient (Wildman–Crippen LogP) is 3.83. The Labute approximate surface area is 179 Å². The van der Waals surface area contributed by atoms with Gasteiger partial charge >= 0.3 is 0 Å². The lowest BCUT2D eigenvalue weighted by Gasteiger charge is -2.17. The van der Waals surface area contributed by atoms with Gasteiger partial charge in [0.05, 0.1) is 17.1 Å². The van der Waals surface area contributed by atoms with E-state index >= 15 is 0 Å². The van der Waals surface area contributed by atoms with Crippen molar-refractivity contribution in [3.8, 4) is 0 Å². The number of fused-ring (bicyclic) bond motifs is 2. The number of H-pyrrole nitrogens is 1. The van der Waals surface area contributed by atoms with Gasteiger partial charge in [-0.3, -0.25) is 9.89 Å². The summed E-state index contributed by atoms with van der Waals surface area (Å²) < 4.78 is 27.6. The standard InChI is InChI=1S/C23H20N4O3S/c1-15-7-2-5-12-21(15)31(29,30)27-13-19-20(14-27)25-26-22(19)24-23(28)18-11-6-9-16-8-3-4-10-17(16)18/h2-12H,13-14H2,1H3,(H2,24,25,26,28). The quantitative estimate of drug-likeness (QED) is 0.512. The zero-order chi connectivity index (χ0) is 21.6. The number of hydrogen-bond acceptors (Lipinski definition) is 4. The lowest BCUT2D eigenvalue weighted by atomic mass is 10.0. The van der Waals surface area contributed by atoms with Crippen LogP contribution < -0.4 is 5.32 Å². The maximum atomic E-state index is 13.1. The van der Waals surface area contributed by atoms with Gasteiger partial charge in [0.1, 0.15) is 0 Å². The smallest absolute Gasteiger partial charge is 0.257 e. The van der Waals surface area contributed by atoms with E-state index in [-0.39, 0.29) is 23.9 Å². The van der Waals surface area contributed by atoms with E-state index in [4.69, 9.17) is 0 Å². The highest BCUT2D eigenvalue weighted by molar-refractivity contribution is 7.89. The van der Waals surface area contributed by atoms with Crippen LogP contribution in [-0.2, 0) is 23.1 Å². The maximum Gasteiger partial charge on any atom is 0.257 e. The van der Waals surface area contributed by atoms with E-state index in [0.29, 0.717) is 28.2 Å². The monoisotopic (exact) mass is 432 g/mol. The normalized spacial score (nSPS) is 14.0. The van der Waals surface area contributed by atoms with Gasteiger partial charge in [0.15, 0.2) is 5.82 Å². The molecule has 7 nitrogen and oxygen atoms in total. The fourth-order valence-corrected chi connectivity index (χ4v) is 5.57. The van der Waals surface area contributed by atoms with Crippen molar-refractivity contribution in [2.45, 2.75) is 24.9 Å². The molecule has 31 heavy (non-hydrogen) atoms. The Hall–Kier alpha value is -3.49. The minimum Gasteiger partial charge on any atom is -0.305 e. The summed E-state index contributed by atoms with van der Waals surface area (Å²) in [7, 11) is -3.66. The van der Waals surface area contributed by atoms with E-state index in [0.717, 1.165) is 10.8 Å². The zero-order valence-corrected chi connectivity index (χ0v) is 17.6. The molecule has 1 amide bonds. The number of aromatic nitrogens is 2. The Morgan fingerprint density at radius 1 is 1.00 bits per heavy atom. The van der Waals surface area contributed by atoms with E-state index in [1.165, 1.54) is 4.31 Å². The van der Waals surface area contributed by atoms with Gasteiger partial charge in [-0.15, -0.1) is 0 Å². The van der Waals surface area contributed by atoms with Gasteiger partial charge in [0.2, 0.25) is 10.0 Å². The number of benzene rings is 3. The molecular formula is C23H20N4O3S. The second-order valence-corrected chi connectivity index (χ2v) is 9.46. The summed E-state index contributed by atoms with van der Waals surface area (Å²) >= 11 is 0. The van der Waals surface area contributed by atoms with Gasteiger partial charge < -0.3 is 5.32 Å². The molecule has 2 N–H and O–H groups in total. The molecule has 5 rings (SSSR count). The lowest BCUT2D eigenvalue weighted by Crippen LogP contribution is -2.27. The number of aromatic amines is 1. The molecule has 2 heterocycles. The first-order valence-corrected chi connectivity index (χ1v) is 11.3. The van der Waals surface area contributed by atoms with Crippen molar-refractivity contribution < 1.29 is 13.2 Å². The Morgan fingerprint density at radius 3 is 2.58 bits per heavy atom. The second-order valence-electron chi connectivity index (χ2n) is 7.55. The molecule has 0 unspecified atom stereocenters. The molecule has 0 spiro atoms. The van der Waals surface area contributed by atoms with Crippen LogP contribution >= 0.6 is 0 Å². The van der Waals surface area contributed by atoms with Crippen molar-refractivity contribution in [2.75, 3.05) is 5.32 Å². The summed E-state index contributed by atoms with van der Waals surface area (Å²) in [5.74, 6) is 0.0710. The van der Waals surface area contributed by atoms with Gasteiger partial charge in [-0.2, -0.15) is 9.40 Å². The van der Waals surface area contributed by atoms with Gasteiger partial charge in [-0.05, 0) is 35.4 Å². The minimum absolute atomic E-state index is 0.146. The number of carbonyl (C=O) groups is 1. The average molecular weight is 433 g/mol. The molecule has 0 aliphatic carbocycles. The number of amides is 1. The fourth-order valence-electron chi connectivity index (χ4n) is 3.97. The summed E-state index contributed by atoms with van der Waals surface area (Å²) in [6, 6.07) is 20.1. The first kappa shape index (κ1) is 19.5. The minimum atomic E-state index is -3.66. The molecule has 1 aromatic heterocycles. The molecule has 1 aliphatic heterocycles. The molecule has 4 aromatic rings. The van der Waals surface area contributed by atoms with Crippen LogP contribution in [0.3, 0.4) is 0 Å². The third-order valence-electron chi connectivity index (χ3n) is 5.60. The van der Waals surface area contributed by atoms with Crippen molar-refractivity contribution in [2.24, 2.45) is 0 Å². The molecule has 3 aromatic carbocycles. The lowest BCUT2D eigenvalue weighted by molar-refractivity contribution is 0.102. The molecule has 156 valence electrons. The first-order valence-electron chi connectivity index (χ1n) is 9.86. The van der Waals surface area contributed by atoms with E-state index in [1.807, 2.05) is 42.5 Å². The molecule has 1 aliphatic rings. The van der Waals surface area contributed by atoms with Crippen LogP contribution in [0.1, 0.15) is 27.2 Å². The second kappa shape index (κ2) is 7.33. The van der Waals surface area contributed by atoms with Crippen LogP contribution in [0, 0.1) is 6.92 Å². The van der Waals surface area contributed by atoms with Crippen LogP contribution in [0.2, 0.25) is 0 Å². The van der Waals surface area contributed by atoms with Crippen molar-refractivity contribution in [3.63, 3.8) is 0 Å². The molecule has 0 fully saturated rings. The highest BCUT2D eigenvalue weighted by Crippen LogP contribution is 2.32. The van der Waals surface area contributed by atoms with E-state index < -0.39 is 10.0 Å². The van der Waals surface area contributed by atoms with Gasteiger partial charge in [-0.25, -0.2) is 8.42 Å². The van der Waals surface area contributed by atoms with Crippen molar-refractivity contribution in [3.05, 3.63) is 89.1 Å². The average Bonchev–Trinajstić information content (AvgIpc) is 3.36. The third-order valence-corrected chi connectivity index (χ3v) is 7.55. The Kier molecular flexibility index (Phi) is 4.60. The van der Waals surface area contributed by atoms with Gasteiger partial charge in [0, 0.05) is 17.7 Å². The van der Waals surface area contributed by atoms with Crippen molar-refractivity contribution in [1.29, 1.82) is 0 Å². The zero-order valence-electron chi connectivity index (χ0n) is 16.8. The molecule has 0 bridgehead atoms. The number of carbonyl (C=O) groups excluding carboxylic acids is 1. The molecular weight excluding hydrogens is 412 g/mol. The number of aryl methyl sites for hydroxylation is 1. The number of hydrogen-bond donors (Lipinski definition) is 2. The maximum absolute atomic E-state index is 13.1. The number of nitrogens with one attached hydrogen (secondary N) is 2. The Balaban J connectivity index is 1.41. The van der Waals surface area contributed by atoms with Crippen molar-refractivity contribution in [1.82, 2.24) is 14.5 Å². The number of sulfonamides is 1. The summed E-state index contributed by atoms with van der Waals surface area (Å²) in [6.07, 6.45) is 0. The molecule has 8 heteroatoms. The molecule has 0 saturated carbocycles. The first-order chi connectivity index (χ1) is 14.9. The van der Waals surface area contributed by atoms with E-state index in [2.05, 4.69) is 15.5 Å². The van der Waals surface area contributed by atoms with Gasteiger partial charge in [-0.1, -0.05) is 54.6 Å². The summed E-state index contributed by atoms with van der Waals surface area (Å²) in [6.45, 7) is 2.11. The van der Waals surface area contributed by atoms with Crippen LogP contribution in [-0.4, -0.2) is 28.8 Å². The summed E-state index contributed by atoms with van der Waals surface area (Å²) in [5.41, 5.74) is 2.61. The van der Waals surface area contributed by atoms with Crippen LogP contribution in [0.5, 0.6) is 0 Å². The molecule has 0 saturated heterocycles. The van der Waals surface area contributed by atoms with Crippen LogP contribution in [0.25, 0.3) is 10.8 Å². The Morgan fingerprint density at radius 2 is 1.74 bits per heavy atom. The predicted molar refractivity (Wildman–Crippen MR) is 118 cm³/mol. The topological polar surface area (TPSA) is 95.2 Å². The summed E-state index contributed by atoms with van der Waals surface area (Å²) in [4.78, 5) is 13.3. The highest BCUT2D eigenvalue weighted by Gasteiger charge is 2.35. The van der Waals surface area contributed by atoms with Crippen molar-refractivity contribution >= 4 is 32.5 Å². The number of rotatable bonds is 4. The largest absolute Gasteiger partial charge is 0.305 e. The van der Waals surface area contributed by atoms with E-state index in [1.54, 1.807) is 31.2 Å². The number of nitrogens with zero attached hydrogens (tertiary/aromatic N) is 2. The SMILES string of the molecule is Cc1ccccc1S(=O)(=O)N1Cc2[nH]nc(NC(=O)c3cccc4ccccc34)c2C1. The number of anilines is 1. The van der Waals surface area contributed by atoms with E-state index in [9.17, 15) is 13.2 Å². The summed E-state index contributed by atoms with van der Waals surface area (Å²) in [5, 5.41) is 11.8. The Bertz CT molecular complexity index is 1420. The van der Waals surface area contributed by atoms with Crippen LogP contribution in [0.15, 0.2) is 71.6 Å². The molecule has 0 radical (unpaired) electrons. The molecule has 0 atom stereocenters. The highest BCUT2D eigenvalue weighted by atomic mass is 32.2. The van der Waals surface area contributed by atoms with Gasteiger partial charge in [0.25, 0.3) is 5.91 Å².